The normalized spacial score (nSPS) is 11.8. The van der Waals surface area contributed by atoms with Crippen LogP contribution >= 0.6 is 11.3 Å². The van der Waals surface area contributed by atoms with E-state index < -0.39 is 6.29 Å². The van der Waals surface area contributed by atoms with Crippen LogP contribution < -0.4 is 0 Å². The Balaban J connectivity index is 2.27. The second-order valence-electron chi connectivity index (χ2n) is 3.43. The molecule has 0 aliphatic rings. The molecule has 100 valence electrons. The van der Waals surface area contributed by atoms with Gasteiger partial charge in [-0.1, -0.05) is 11.3 Å². The molecule has 8 heteroatoms. The zero-order valence-electron chi connectivity index (χ0n) is 10.6. The van der Waals surface area contributed by atoms with Crippen LogP contribution in [0.2, 0.25) is 0 Å². The summed E-state index contributed by atoms with van der Waals surface area (Å²) < 4.78 is 17.7. The van der Waals surface area contributed by atoms with Gasteiger partial charge in [0.25, 0.3) is 0 Å². The third kappa shape index (κ3) is 2.66. The molecule has 0 N–H and O–H groups in total. The fourth-order valence-electron chi connectivity index (χ4n) is 1.48. The smallest absolute Gasteiger partial charge is 0.234 e. The van der Waals surface area contributed by atoms with E-state index in [1.165, 1.54) is 11.3 Å². The molecule has 2 heterocycles. The van der Waals surface area contributed by atoms with Crippen LogP contribution in [0.4, 0.5) is 0 Å². The van der Waals surface area contributed by atoms with Gasteiger partial charge < -0.3 is 14.2 Å². The van der Waals surface area contributed by atoms with Crippen molar-refractivity contribution in [3.63, 3.8) is 0 Å². The number of rotatable bonds is 7. The van der Waals surface area contributed by atoms with Crippen molar-refractivity contribution in [2.75, 3.05) is 20.3 Å². The van der Waals surface area contributed by atoms with Gasteiger partial charge in [-0.25, -0.2) is 0 Å². The Labute approximate surface area is 109 Å². The first-order valence-electron chi connectivity index (χ1n) is 5.73. The van der Waals surface area contributed by atoms with Crippen LogP contribution in [0.15, 0.2) is 0 Å². The second kappa shape index (κ2) is 6.19. The summed E-state index contributed by atoms with van der Waals surface area (Å²) in [7, 11) is 1.61. The van der Waals surface area contributed by atoms with Gasteiger partial charge in [0.2, 0.25) is 11.3 Å². The van der Waals surface area contributed by atoms with Gasteiger partial charge in [0.05, 0.1) is 0 Å². The molecule has 0 radical (unpaired) electrons. The van der Waals surface area contributed by atoms with Crippen molar-refractivity contribution in [2.24, 2.45) is 0 Å². The lowest BCUT2D eigenvalue weighted by atomic mass is 10.6. The predicted octanol–water partition coefficient (Wildman–Crippen LogP) is 1.40. The molecule has 7 nitrogen and oxygen atoms in total. The Morgan fingerprint density at radius 3 is 2.56 bits per heavy atom. The van der Waals surface area contributed by atoms with E-state index >= 15 is 0 Å². The van der Waals surface area contributed by atoms with E-state index in [4.69, 9.17) is 14.2 Å². The van der Waals surface area contributed by atoms with Gasteiger partial charge in [0.1, 0.15) is 6.61 Å². The molecule has 0 saturated heterocycles. The summed E-state index contributed by atoms with van der Waals surface area (Å²) in [6.07, 6.45) is -0.443. The standard InChI is InChI=1S/C10H16N4O3S/c1-4-16-9(17-5-2)8-13-14-7(6-15-3)11-12-10(14)18-8/h9H,4-6H2,1-3H3. The minimum Gasteiger partial charge on any atom is -0.377 e. The fourth-order valence-corrected chi connectivity index (χ4v) is 2.34. The van der Waals surface area contributed by atoms with Gasteiger partial charge in [-0.05, 0) is 13.8 Å². The molecule has 0 bridgehead atoms. The molecule has 0 saturated carbocycles. The quantitative estimate of drug-likeness (QED) is 0.710. The van der Waals surface area contributed by atoms with Gasteiger partial charge in [0, 0.05) is 20.3 Å². The van der Waals surface area contributed by atoms with Crippen LogP contribution in [0, 0.1) is 0 Å². The number of ether oxygens (including phenoxy) is 3. The Morgan fingerprint density at radius 1 is 1.22 bits per heavy atom. The number of hydrogen-bond donors (Lipinski definition) is 0. The van der Waals surface area contributed by atoms with Gasteiger partial charge in [-0.2, -0.15) is 9.61 Å². The lowest BCUT2D eigenvalue weighted by molar-refractivity contribution is -0.140. The molecule has 0 unspecified atom stereocenters. The third-order valence-electron chi connectivity index (χ3n) is 2.18. The van der Waals surface area contributed by atoms with Gasteiger partial charge in [-0.3, -0.25) is 0 Å². The molecular formula is C10H16N4O3S. The number of hydrogen-bond acceptors (Lipinski definition) is 7. The molecule has 0 spiro atoms. The summed E-state index contributed by atoms with van der Waals surface area (Å²) in [6.45, 7) is 5.34. The van der Waals surface area contributed by atoms with Crippen LogP contribution in [0.3, 0.4) is 0 Å². The summed E-state index contributed by atoms with van der Waals surface area (Å²) in [5, 5.41) is 13.2. The van der Waals surface area contributed by atoms with Crippen LogP contribution in [0.5, 0.6) is 0 Å². The molecule has 0 fully saturated rings. The number of aromatic nitrogens is 4. The number of fused-ring (bicyclic) bond motifs is 1. The average molecular weight is 272 g/mol. The van der Waals surface area contributed by atoms with E-state index in [0.717, 1.165) is 5.01 Å². The Bertz CT molecular complexity index is 492. The highest BCUT2D eigenvalue weighted by Crippen LogP contribution is 2.24. The molecule has 0 aliphatic carbocycles. The van der Waals surface area contributed by atoms with Crippen molar-refractivity contribution >= 4 is 16.3 Å². The van der Waals surface area contributed by atoms with E-state index in [1.807, 2.05) is 13.8 Å². The molecule has 2 aromatic rings. The molecule has 0 aliphatic heterocycles. The van der Waals surface area contributed by atoms with Gasteiger partial charge >= 0.3 is 0 Å². The zero-order valence-corrected chi connectivity index (χ0v) is 11.4. The molecule has 0 atom stereocenters. The SMILES string of the molecule is CCOC(OCC)c1nn2c(COC)nnc2s1. The summed E-state index contributed by atoms with van der Waals surface area (Å²) >= 11 is 1.40. The minimum atomic E-state index is -0.443. The first kappa shape index (κ1) is 13.3. The largest absolute Gasteiger partial charge is 0.377 e. The maximum atomic E-state index is 5.50. The molecule has 18 heavy (non-hydrogen) atoms. The van der Waals surface area contributed by atoms with E-state index in [9.17, 15) is 0 Å². The van der Waals surface area contributed by atoms with E-state index in [-0.39, 0.29) is 0 Å². The van der Waals surface area contributed by atoms with E-state index in [1.54, 1.807) is 11.6 Å². The first-order valence-corrected chi connectivity index (χ1v) is 6.54. The van der Waals surface area contributed by atoms with E-state index in [2.05, 4.69) is 15.3 Å². The van der Waals surface area contributed by atoms with Crippen LogP contribution in [-0.4, -0.2) is 40.1 Å². The highest BCUT2D eigenvalue weighted by atomic mass is 32.1. The first-order chi connectivity index (χ1) is 8.80. The summed E-state index contributed by atoms with van der Waals surface area (Å²) in [5.74, 6) is 0.668. The third-order valence-corrected chi connectivity index (χ3v) is 3.10. The average Bonchev–Trinajstić information content (AvgIpc) is 2.91. The van der Waals surface area contributed by atoms with Crippen LogP contribution in [0.1, 0.15) is 31.0 Å². The zero-order chi connectivity index (χ0) is 13.0. The summed E-state index contributed by atoms with van der Waals surface area (Å²) in [6, 6.07) is 0. The predicted molar refractivity (Wildman–Crippen MR) is 65.4 cm³/mol. The second-order valence-corrected chi connectivity index (χ2v) is 4.41. The fraction of sp³-hybridized carbons (Fsp3) is 0.700. The minimum absolute atomic E-state index is 0.373. The maximum Gasteiger partial charge on any atom is 0.234 e. The van der Waals surface area contributed by atoms with Crippen LogP contribution in [-0.2, 0) is 20.8 Å². The Hall–Kier alpha value is -1.09. The summed E-state index contributed by atoms with van der Waals surface area (Å²) in [4.78, 5) is 0.710. The topological polar surface area (TPSA) is 70.8 Å². The van der Waals surface area contributed by atoms with Gasteiger partial charge in [-0.15, -0.1) is 10.2 Å². The number of methoxy groups -OCH3 is 1. The van der Waals surface area contributed by atoms with Crippen molar-refractivity contribution in [2.45, 2.75) is 26.7 Å². The van der Waals surface area contributed by atoms with Crippen LogP contribution in [0.25, 0.3) is 4.96 Å². The number of nitrogens with zero attached hydrogens (tertiary/aromatic N) is 4. The van der Waals surface area contributed by atoms with Crippen molar-refractivity contribution in [1.82, 2.24) is 19.8 Å². The molecule has 0 amide bonds. The Kier molecular flexibility index (Phi) is 4.59. The maximum absolute atomic E-state index is 5.50. The lowest BCUT2D eigenvalue weighted by Gasteiger charge is -2.13. The molecule has 0 aromatic carbocycles. The molecular weight excluding hydrogens is 256 g/mol. The monoisotopic (exact) mass is 272 g/mol. The molecule has 2 rings (SSSR count). The van der Waals surface area contributed by atoms with E-state index in [0.29, 0.717) is 30.6 Å². The highest BCUT2D eigenvalue weighted by Gasteiger charge is 2.19. The van der Waals surface area contributed by atoms with Crippen molar-refractivity contribution in [1.29, 1.82) is 0 Å². The molecule has 2 aromatic heterocycles. The lowest BCUT2D eigenvalue weighted by Crippen LogP contribution is -2.09. The van der Waals surface area contributed by atoms with Crippen molar-refractivity contribution in [3.8, 4) is 0 Å². The van der Waals surface area contributed by atoms with Gasteiger partial charge in [0.15, 0.2) is 10.8 Å². The highest BCUT2D eigenvalue weighted by molar-refractivity contribution is 7.16. The van der Waals surface area contributed by atoms with Crippen molar-refractivity contribution < 1.29 is 14.2 Å². The Morgan fingerprint density at radius 2 is 1.94 bits per heavy atom. The summed E-state index contributed by atoms with van der Waals surface area (Å²) in [5.41, 5.74) is 0. The van der Waals surface area contributed by atoms with Crippen molar-refractivity contribution in [3.05, 3.63) is 10.8 Å².